The summed E-state index contributed by atoms with van der Waals surface area (Å²) >= 11 is 11.1. The third-order valence-corrected chi connectivity index (χ3v) is 9.30. The van der Waals surface area contributed by atoms with Gasteiger partial charge >= 0.3 is 0 Å². The minimum absolute atomic E-state index is 0.0414. The molecule has 7 rings (SSSR count). The van der Waals surface area contributed by atoms with Gasteiger partial charge < -0.3 is 4.74 Å². The lowest BCUT2D eigenvalue weighted by Crippen LogP contribution is -2.38. The molecule has 41 heavy (non-hydrogen) atoms. The number of fused-ring (bicyclic) bond motifs is 3. The molecule has 0 saturated heterocycles. The topological polar surface area (TPSA) is 43.6 Å². The van der Waals surface area contributed by atoms with Crippen molar-refractivity contribution in [1.29, 1.82) is 0 Å². The van der Waals surface area contributed by atoms with E-state index in [-0.39, 0.29) is 11.6 Å². The van der Waals surface area contributed by atoms with E-state index in [0.717, 1.165) is 51.0 Å². The molecule has 0 radical (unpaired) electrons. The zero-order valence-corrected chi connectivity index (χ0v) is 25.0. The number of benzene rings is 4. The maximum atomic E-state index is 14.0. The number of hydrogen-bond acceptors (Lipinski definition) is 4. The van der Waals surface area contributed by atoms with Gasteiger partial charge in [0.15, 0.2) is 4.80 Å². The third-order valence-electron chi connectivity index (χ3n) is 7.53. The molecule has 0 N–H and O–H groups in total. The molecule has 7 heteroatoms. The van der Waals surface area contributed by atoms with E-state index in [1.54, 1.807) is 0 Å². The second-order valence-electron chi connectivity index (χ2n) is 10.2. The first-order valence-electron chi connectivity index (χ1n) is 13.4. The average molecular weight is 640 g/mol. The maximum absolute atomic E-state index is 14.0. The molecule has 202 valence electrons. The van der Waals surface area contributed by atoms with Crippen LogP contribution in [0.3, 0.4) is 0 Å². The Labute approximate surface area is 254 Å². The molecule has 5 aromatic rings. The lowest BCUT2D eigenvalue weighted by Gasteiger charge is -2.30. The summed E-state index contributed by atoms with van der Waals surface area (Å²) in [6.07, 6.45) is 3.71. The molecule has 2 heterocycles. The molecule has 0 saturated carbocycles. The fourth-order valence-corrected chi connectivity index (χ4v) is 6.95. The predicted octanol–water partition coefficient (Wildman–Crippen LogP) is 7.31. The van der Waals surface area contributed by atoms with Crippen molar-refractivity contribution in [2.45, 2.75) is 25.5 Å². The van der Waals surface area contributed by atoms with E-state index >= 15 is 0 Å². The van der Waals surface area contributed by atoms with Crippen LogP contribution < -0.4 is 19.6 Å². The van der Waals surface area contributed by atoms with Crippen LogP contribution in [0.4, 0.5) is 0 Å². The minimum atomic E-state index is -0.227. The molecule has 0 bridgehead atoms. The number of thiazole rings is 1. The van der Waals surface area contributed by atoms with E-state index in [0.29, 0.717) is 21.0 Å². The summed E-state index contributed by atoms with van der Waals surface area (Å²) in [6.45, 7) is 0.465. The minimum Gasteiger partial charge on any atom is -0.489 e. The summed E-state index contributed by atoms with van der Waals surface area (Å²) in [7, 11) is 0. The van der Waals surface area contributed by atoms with E-state index in [4.69, 9.17) is 21.3 Å². The molecule has 1 aliphatic heterocycles. The Kier molecular flexibility index (Phi) is 6.99. The zero-order chi connectivity index (χ0) is 27.9. The van der Waals surface area contributed by atoms with Gasteiger partial charge in [0.1, 0.15) is 12.4 Å². The predicted molar refractivity (Wildman–Crippen MR) is 169 cm³/mol. The van der Waals surface area contributed by atoms with Crippen molar-refractivity contribution < 1.29 is 4.74 Å². The van der Waals surface area contributed by atoms with Crippen molar-refractivity contribution in [3.05, 3.63) is 160 Å². The van der Waals surface area contributed by atoms with Crippen LogP contribution in [0.15, 0.2) is 117 Å². The van der Waals surface area contributed by atoms with Crippen molar-refractivity contribution in [2.24, 2.45) is 4.99 Å². The fraction of sp³-hybridized carbons (Fsp3) is 0.118. The van der Waals surface area contributed by atoms with Gasteiger partial charge in [-0.2, -0.15) is 0 Å². The molecule has 1 unspecified atom stereocenters. The maximum Gasteiger partial charge on any atom is 0.271 e. The SMILES string of the molecule is O=c1c(=Cc2cccc(OCc3ccc(Br)cc3)c2)sc2n1C(c1ccc(Cl)cc1)C1=C(N=2)c2ccccc2CC1. The molecule has 0 spiro atoms. The summed E-state index contributed by atoms with van der Waals surface area (Å²) in [5.41, 5.74) is 7.59. The molecule has 4 nitrogen and oxygen atoms in total. The van der Waals surface area contributed by atoms with Gasteiger partial charge in [0, 0.05) is 15.1 Å². The van der Waals surface area contributed by atoms with Gasteiger partial charge in [-0.25, -0.2) is 4.99 Å². The van der Waals surface area contributed by atoms with E-state index < -0.39 is 0 Å². The standard InChI is InChI=1S/C34H24BrClN2O2S/c35-25-13-8-21(9-14-25)20-40-27-6-3-4-22(18-27)19-30-33(39)38-32(24-10-15-26(36)16-11-24)29-17-12-23-5-1-2-7-28(23)31(29)37-34(38)41-30/h1-11,13-16,18-19,32H,12,17,20H2. The van der Waals surface area contributed by atoms with Gasteiger partial charge in [-0.05, 0) is 83.1 Å². The first kappa shape index (κ1) is 26.2. The van der Waals surface area contributed by atoms with Crippen LogP contribution in [-0.4, -0.2) is 4.57 Å². The van der Waals surface area contributed by atoms with Crippen LogP contribution in [0.25, 0.3) is 11.8 Å². The van der Waals surface area contributed by atoms with Gasteiger partial charge in [-0.15, -0.1) is 0 Å². The number of hydrogen-bond donors (Lipinski definition) is 0. The van der Waals surface area contributed by atoms with Crippen LogP contribution in [0.1, 0.15) is 40.3 Å². The monoisotopic (exact) mass is 638 g/mol. The van der Waals surface area contributed by atoms with Crippen LogP contribution in [0.5, 0.6) is 5.75 Å². The van der Waals surface area contributed by atoms with Crippen molar-refractivity contribution >= 4 is 50.6 Å². The molecule has 4 aromatic carbocycles. The molecular weight excluding hydrogens is 616 g/mol. The lowest BCUT2D eigenvalue weighted by atomic mass is 9.83. The Balaban J connectivity index is 1.30. The van der Waals surface area contributed by atoms with Crippen LogP contribution in [0, 0.1) is 0 Å². The first-order valence-corrected chi connectivity index (χ1v) is 15.4. The van der Waals surface area contributed by atoms with E-state index in [1.807, 2.05) is 83.4 Å². The van der Waals surface area contributed by atoms with Gasteiger partial charge in [0.2, 0.25) is 0 Å². The Morgan fingerprint density at radius 3 is 2.61 bits per heavy atom. The van der Waals surface area contributed by atoms with Gasteiger partial charge in [0.25, 0.3) is 5.56 Å². The Morgan fingerprint density at radius 1 is 0.976 bits per heavy atom. The summed E-state index contributed by atoms with van der Waals surface area (Å²) in [4.78, 5) is 19.8. The normalized spacial score (nSPS) is 16.0. The summed E-state index contributed by atoms with van der Waals surface area (Å²) in [6, 6.07) is 32.0. The summed E-state index contributed by atoms with van der Waals surface area (Å²) in [5, 5.41) is 0.673. The van der Waals surface area contributed by atoms with E-state index in [2.05, 4.69) is 40.2 Å². The molecular formula is C34H24BrClN2O2S. The molecule has 1 atom stereocenters. The van der Waals surface area contributed by atoms with Gasteiger partial charge in [-0.1, -0.05) is 99.5 Å². The second kappa shape index (κ2) is 10.9. The van der Waals surface area contributed by atoms with E-state index in [1.165, 1.54) is 22.5 Å². The average Bonchev–Trinajstić information content (AvgIpc) is 3.30. The second-order valence-corrected chi connectivity index (χ2v) is 12.5. The van der Waals surface area contributed by atoms with E-state index in [9.17, 15) is 4.79 Å². The first-order chi connectivity index (χ1) is 20.0. The molecule has 0 fully saturated rings. The number of aryl methyl sites for hydroxylation is 1. The fourth-order valence-electron chi connectivity index (χ4n) is 5.56. The number of allylic oxidation sites excluding steroid dienone is 1. The third kappa shape index (κ3) is 5.12. The largest absolute Gasteiger partial charge is 0.489 e. The van der Waals surface area contributed by atoms with Crippen molar-refractivity contribution in [2.75, 3.05) is 0 Å². The Hall–Kier alpha value is -3.71. The highest BCUT2D eigenvalue weighted by atomic mass is 79.9. The quantitative estimate of drug-likeness (QED) is 0.202. The Morgan fingerprint density at radius 2 is 1.78 bits per heavy atom. The molecule has 1 aliphatic carbocycles. The number of aromatic nitrogens is 1. The van der Waals surface area contributed by atoms with Gasteiger partial charge in [0.05, 0.1) is 16.3 Å². The molecule has 0 amide bonds. The number of rotatable bonds is 5. The van der Waals surface area contributed by atoms with Crippen molar-refractivity contribution in [3.63, 3.8) is 0 Å². The number of ether oxygens (including phenoxy) is 1. The van der Waals surface area contributed by atoms with Crippen molar-refractivity contribution in [3.8, 4) is 5.75 Å². The summed E-state index contributed by atoms with van der Waals surface area (Å²) in [5.74, 6) is 0.751. The Bertz CT molecular complexity index is 1990. The van der Waals surface area contributed by atoms with Crippen LogP contribution in [-0.2, 0) is 13.0 Å². The number of nitrogens with zero attached hydrogens (tertiary/aromatic N) is 2. The zero-order valence-electron chi connectivity index (χ0n) is 21.9. The molecule has 1 aromatic heterocycles. The highest BCUT2D eigenvalue weighted by Gasteiger charge is 2.32. The number of halogens is 2. The van der Waals surface area contributed by atoms with Gasteiger partial charge in [-0.3, -0.25) is 9.36 Å². The lowest BCUT2D eigenvalue weighted by molar-refractivity contribution is 0.306. The highest BCUT2D eigenvalue weighted by molar-refractivity contribution is 9.10. The highest BCUT2D eigenvalue weighted by Crippen LogP contribution is 2.41. The smallest absolute Gasteiger partial charge is 0.271 e. The van der Waals surface area contributed by atoms with Crippen LogP contribution >= 0.6 is 38.9 Å². The van der Waals surface area contributed by atoms with Crippen LogP contribution in [0.2, 0.25) is 5.02 Å². The molecule has 2 aliphatic rings. The summed E-state index contributed by atoms with van der Waals surface area (Å²) < 4.78 is 9.59. The van der Waals surface area contributed by atoms with Crippen molar-refractivity contribution in [1.82, 2.24) is 4.57 Å².